The molecule has 0 aliphatic heterocycles. The molecule has 0 fully saturated rings. The number of nitrogens with one attached hydrogen (secondary N) is 1. The van der Waals surface area contributed by atoms with E-state index in [1.807, 2.05) is 57.3 Å². The zero-order valence-electron chi connectivity index (χ0n) is 15.1. The lowest BCUT2D eigenvalue weighted by atomic mass is 10.1. The van der Waals surface area contributed by atoms with Crippen molar-refractivity contribution >= 4 is 17.2 Å². The molecule has 0 radical (unpaired) electrons. The standard InChI is InChI=1S/C20H23N3O2/c1-5-15-10-7-9-13(3)17(15)22-20(24)18-14(4)21-19-16(25-6-2)11-8-12-23(18)19/h7-12H,5-6H2,1-4H3,(H,22,24). The molecule has 0 unspecified atom stereocenters. The topological polar surface area (TPSA) is 55.6 Å². The summed E-state index contributed by atoms with van der Waals surface area (Å²) in [6.07, 6.45) is 2.70. The van der Waals surface area contributed by atoms with Gasteiger partial charge in [-0.3, -0.25) is 9.20 Å². The second kappa shape index (κ2) is 6.97. The molecule has 0 saturated heterocycles. The lowest BCUT2D eigenvalue weighted by Crippen LogP contribution is -2.17. The molecule has 1 amide bonds. The van der Waals surface area contributed by atoms with E-state index >= 15 is 0 Å². The quantitative estimate of drug-likeness (QED) is 0.760. The summed E-state index contributed by atoms with van der Waals surface area (Å²) in [6, 6.07) is 9.78. The Hall–Kier alpha value is -2.82. The molecule has 2 heterocycles. The summed E-state index contributed by atoms with van der Waals surface area (Å²) >= 11 is 0. The third-order valence-electron chi connectivity index (χ3n) is 4.28. The zero-order chi connectivity index (χ0) is 18.0. The van der Waals surface area contributed by atoms with Crippen LogP contribution in [0.25, 0.3) is 5.65 Å². The normalized spacial score (nSPS) is 10.9. The van der Waals surface area contributed by atoms with Gasteiger partial charge in [-0.2, -0.15) is 0 Å². The van der Waals surface area contributed by atoms with Gasteiger partial charge in [0, 0.05) is 11.9 Å². The molecular formula is C20H23N3O2. The van der Waals surface area contributed by atoms with E-state index in [-0.39, 0.29) is 5.91 Å². The van der Waals surface area contributed by atoms with Crippen molar-refractivity contribution in [1.29, 1.82) is 0 Å². The minimum absolute atomic E-state index is 0.164. The molecule has 2 aromatic heterocycles. The summed E-state index contributed by atoms with van der Waals surface area (Å²) in [7, 11) is 0. The number of hydrogen-bond acceptors (Lipinski definition) is 3. The number of anilines is 1. The molecule has 5 nitrogen and oxygen atoms in total. The van der Waals surface area contributed by atoms with Crippen molar-refractivity contribution in [1.82, 2.24) is 9.38 Å². The first-order chi connectivity index (χ1) is 12.1. The van der Waals surface area contributed by atoms with Crippen LogP contribution < -0.4 is 10.1 Å². The predicted octanol–water partition coefficient (Wildman–Crippen LogP) is 4.16. The first kappa shape index (κ1) is 17.0. The number of aromatic nitrogens is 2. The third kappa shape index (κ3) is 3.09. The van der Waals surface area contributed by atoms with Crippen LogP contribution in [-0.2, 0) is 6.42 Å². The summed E-state index contributed by atoms with van der Waals surface area (Å²) < 4.78 is 7.42. The van der Waals surface area contributed by atoms with Crippen LogP contribution in [0.1, 0.15) is 41.2 Å². The molecule has 1 aromatic carbocycles. The number of rotatable bonds is 5. The van der Waals surface area contributed by atoms with Gasteiger partial charge in [0.25, 0.3) is 5.91 Å². The van der Waals surface area contributed by atoms with Gasteiger partial charge in [-0.05, 0) is 50.5 Å². The van der Waals surface area contributed by atoms with Crippen LogP contribution in [-0.4, -0.2) is 21.9 Å². The number of amides is 1. The maximum atomic E-state index is 13.0. The fraction of sp³-hybridized carbons (Fsp3) is 0.300. The van der Waals surface area contributed by atoms with E-state index in [0.29, 0.717) is 29.4 Å². The average Bonchev–Trinajstić information content (AvgIpc) is 2.94. The number of nitrogens with zero attached hydrogens (tertiary/aromatic N) is 2. The number of carbonyl (C=O) groups excluding carboxylic acids is 1. The third-order valence-corrected chi connectivity index (χ3v) is 4.28. The molecule has 0 aliphatic rings. The molecule has 25 heavy (non-hydrogen) atoms. The maximum Gasteiger partial charge on any atom is 0.274 e. The Morgan fingerprint density at radius 2 is 2.00 bits per heavy atom. The van der Waals surface area contributed by atoms with Crippen LogP contribution >= 0.6 is 0 Å². The Bertz CT molecular complexity index is 928. The fourth-order valence-corrected chi connectivity index (χ4v) is 3.07. The summed E-state index contributed by atoms with van der Waals surface area (Å²) in [5, 5.41) is 3.08. The monoisotopic (exact) mass is 337 g/mol. The molecule has 3 aromatic rings. The zero-order valence-corrected chi connectivity index (χ0v) is 15.1. The lowest BCUT2D eigenvalue weighted by Gasteiger charge is -2.13. The van der Waals surface area contributed by atoms with E-state index in [1.165, 1.54) is 0 Å². The van der Waals surface area contributed by atoms with Crippen molar-refractivity contribution in [3.8, 4) is 5.75 Å². The van der Waals surface area contributed by atoms with Crippen molar-refractivity contribution in [2.45, 2.75) is 34.1 Å². The largest absolute Gasteiger partial charge is 0.490 e. The number of fused-ring (bicyclic) bond motifs is 1. The molecule has 3 rings (SSSR count). The van der Waals surface area contributed by atoms with Crippen molar-refractivity contribution in [2.75, 3.05) is 11.9 Å². The SMILES string of the molecule is CCOc1cccn2c(C(=O)Nc3c(C)cccc3CC)c(C)nc12. The number of aryl methyl sites for hydroxylation is 3. The Morgan fingerprint density at radius 1 is 1.20 bits per heavy atom. The van der Waals surface area contributed by atoms with E-state index in [4.69, 9.17) is 4.74 Å². The van der Waals surface area contributed by atoms with E-state index in [1.54, 1.807) is 4.40 Å². The van der Waals surface area contributed by atoms with Crippen LogP contribution in [0.4, 0.5) is 5.69 Å². The Labute approximate surface area is 147 Å². The van der Waals surface area contributed by atoms with Gasteiger partial charge in [-0.15, -0.1) is 0 Å². The van der Waals surface area contributed by atoms with Gasteiger partial charge in [0.05, 0.1) is 12.3 Å². The molecule has 0 atom stereocenters. The second-order valence-corrected chi connectivity index (χ2v) is 5.96. The molecule has 5 heteroatoms. The van der Waals surface area contributed by atoms with Gasteiger partial charge in [-0.25, -0.2) is 4.98 Å². The molecule has 0 saturated carbocycles. The molecule has 0 spiro atoms. The summed E-state index contributed by atoms with van der Waals surface area (Å²) in [5.41, 5.74) is 4.92. The van der Waals surface area contributed by atoms with Gasteiger partial charge in [-0.1, -0.05) is 25.1 Å². The first-order valence-electron chi connectivity index (χ1n) is 8.57. The molecule has 130 valence electrons. The van der Waals surface area contributed by atoms with E-state index in [9.17, 15) is 4.79 Å². The van der Waals surface area contributed by atoms with Gasteiger partial charge < -0.3 is 10.1 Å². The highest BCUT2D eigenvalue weighted by atomic mass is 16.5. The number of carbonyl (C=O) groups is 1. The van der Waals surface area contributed by atoms with Crippen LogP contribution in [0.15, 0.2) is 36.5 Å². The predicted molar refractivity (Wildman–Crippen MR) is 99.6 cm³/mol. The van der Waals surface area contributed by atoms with Crippen molar-refractivity contribution in [3.63, 3.8) is 0 Å². The van der Waals surface area contributed by atoms with Crippen LogP contribution in [0, 0.1) is 13.8 Å². The van der Waals surface area contributed by atoms with Crippen molar-refractivity contribution in [2.24, 2.45) is 0 Å². The Kier molecular flexibility index (Phi) is 4.74. The van der Waals surface area contributed by atoms with Gasteiger partial charge in [0.2, 0.25) is 0 Å². The van der Waals surface area contributed by atoms with Gasteiger partial charge >= 0.3 is 0 Å². The minimum Gasteiger partial charge on any atom is -0.490 e. The average molecular weight is 337 g/mol. The number of benzene rings is 1. The highest BCUT2D eigenvalue weighted by Gasteiger charge is 2.20. The van der Waals surface area contributed by atoms with Gasteiger partial charge in [0.15, 0.2) is 11.4 Å². The molecule has 0 bridgehead atoms. The smallest absolute Gasteiger partial charge is 0.274 e. The molecule has 0 aliphatic carbocycles. The summed E-state index contributed by atoms with van der Waals surface area (Å²) in [5.74, 6) is 0.514. The van der Waals surface area contributed by atoms with E-state index in [0.717, 1.165) is 23.2 Å². The van der Waals surface area contributed by atoms with Crippen molar-refractivity contribution in [3.05, 3.63) is 59.0 Å². The molecular weight excluding hydrogens is 314 g/mol. The van der Waals surface area contributed by atoms with Gasteiger partial charge in [0.1, 0.15) is 5.69 Å². The number of pyridine rings is 1. The minimum atomic E-state index is -0.164. The molecule has 1 N–H and O–H groups in total. The number of para-hydroxylation sites is 1. The Morgan fingerprint density at radius 3 is 2.72 bits per heavy atom. The van der Waals surface area contributed by atoms with E-state index < -0.39 is 0 Å². The highest BCUT2D eigenvalue weighted by molar-refractivity contribution is 6.05. The number of hydrogen-bond donors (Lipinski definition) is 1. The van der Waals surface area contributed by atoms with Crippen LogP contribution in [0.5, 0.6) is 5.75 Å². The summed E-state index contributed by atoms with van der Waals surface area (Å²) in [6.45, 7) is 8.41. The van der Waals surface area contributed by atoms with Crippen LogP contribution in [0.2, 0.25) is 0 Å². The van der Waals surface area contributed by atoms with E-state index in [2.05, 4.69) is 17.2 Å². The Balaban J connectivity index is 2.04. The van der Waals surface area contributed by atoms with Crippen LogP contribution in [0.3, 0.4) is 0 Å². The maximum absolute atomic E-state index is 13.0. The van der Waals surface area contributed by atoms with Crippen molar-refractivity contribution < 1.29 is 9.53 Å². The lowest BCUT2D eigenvalue weighted by molar-refractivity contribution is 0.102. The number of imidazole rings is 1. The highest BCUT2D eigenvalue weighted by Crippen LogP contribution is 2.25. The summed E-state index contributed by atoms with van der Waals surface area (Å²) in [4.78, 5) is 17.5. The number of ether oxygens (including phenoxy) is 1. The second-order valence-electron chi connectivity index (χ2n) is 5.96. The first-order valence-corrected chi connectivity index (χ1v) is 8.57. The fourth-order valence-electron chi connectivity index (χ4n) is 3.07.